The van der Waals surface area contributed by atoms with Crippen LogP contribution in [-0.4, -0.2) is 12.2 Å². The Morgan fingerprint density at radius 1 is 1.29 bits per heavy atom. The number of methoxy groups -OCH3 is 1. The van der Waals surface area contributed by atoms with E-state index in [-0.39, 0.29) is 28.3 Å². The van der Waals surface area contributed by atoms with Crippen LogP contribution in [0.2, 0.25) is 0 Å². The molecule has 0 aliphatic heterocycles. The number of para-hydroxylation sites is 1. The van der Waals surface area contributed by atoms with E-state index in [0.717, 1.165) is 0 Å². The maximum Gasteiger partial charge on any atom is 0.201 e. The lowest BCUT2D eigenvalue weighted by Crippen LogP contribution is -2.12. The molecule has 4 heteroatoms. The number of aromatic hydroxyl groups is 1. The van der Waals surface area contributed by atoms with Gasteiger partial charge in [0.25, 0.3) is 0 Å². The van der Waals surface area contributed by atoms with E-state index in [9.17, 15) is 9.90 Å². The van der Waals surface area contributed by atoms with Crippen LogP contribution in [-0.2, 0) is 0 Å². The first-order chi connectivity index (χ1) is 11.6. The van der Waals surface area contributed by atoms with Crippen LogP contribution in [0.3, 0.4) is 0 Å². The van der Waals surface area contributed by atoms with Gasteiger partial charge in [0.1, 0.15) is 12.0 Å². The molecule has 0 aliphatic rings. The van der Waals surface area contributed by atoms with Crippen molar-refractivity contribution in [3.8, 4) is 22.6 Å². The Hall–Kier alpha value is -3.27. The fraction of sp³-hybridized carbons (Fsp3) is 0.0500. The molecule has 0 saturated carbocycles. The molecule has 0 aliphatic carbocycles. The second-order valence-corrected chi connectivity index (χ2v) is 4.84. The van der Waals surface area contributed by atoms with Gasteiger partial charge in [-0.15, -0.1) is 0 Å². The number of phenols is 1. The van der Waals surface area contributed by atoms with Crippen LogP contribution >= 0.6 is 0 Å². The molecule has 0 unspecified atom stereocenters. The molecule has 0 spiro atoms. The van der Waals surface area contributed by atoms with E-state index in [1.807, 2.05) is 0 Å². The Bertz CT molecular complexity index is 885. The highest BCUT2D eigenvalue weighted by Gasteiger charge is 2.20. The molecule has 1 N–H and O–H groups in total. The Labute approximate surface area is 140 Å². The van der Waals surface area contributed by atoms with Gasteiger partial charge in [-0.3, -0.25) is 4.79 Å². The van der Waals surface area contributed by atoms with Crippen molar-refractivity contribution in [2.75, 3.05) is 7.11 Å². The molecule has 0 amide bonds. The van der Waals surface area contributed by atoms with Crippen LogP contribution in [0, 0.1) is 0 Å². The van der Waals surface area contributed by atoms with Crippen molar-refractivity contribution >= 4 is 11.6 Å². The third-order valence-electron chi connectivity index (χ3n) is 3.50. The van der Waals surface area contributed by atoms with E-state index in [1.165, 1.54) is 25.5 Å². The average molecular weight is 322 g/mol. The van der Waals surface area contributed by atoms with Crippen LogP contribution in [0.1, 0.15) is 11.3 Å². The van der Waals surface area contributed by atoms with Gasteiger partial charge in [-0.25, -0.2) is 0 Å². The average Bonchev–Trinajstić information content (AvgIpc) is 2.59. The summed E-state index contributed by atoms with van der Waals surface area (Å²) in [6.45, 7) is 11.0. The van der Waals surface area contributed by atoms with Crippen molar-refractivity contribution in [3.05, 3.63) is 84.0 Å². The van der Waals surface area contributed by atoms with Crippen LogP contribution in [0.5, 0.6) is 11.5 Å². The zero-order valence-electron chi connectivity index (χ0n) is 13.4. The molecule has 0 bridgehead atoms. The molecule has 2 rings (SSSR count). The first kappa shape index (κ1) is 17.1. The molecule has 1 heterocycles. The zero-order chi connectivity index (χ0) is 17.7. The number of rotatable bonds is 6. The number of allylic oxidation sites excluding steroid dienone is 4. The SMILES string of the molecule is C=C/C=C(\C=C)c1coc(C=C)c(-c2cccc(O)c2OC)c1=O. The van der Waals surface area contributed by atoms with E-state index in [0.29, 0.717) is 16.7 Å². The molecule has 1 aromatic carbocycles. The summed E-state index contributed by atoms with van der Waals surface area (Å²) in [7, 11) is 1.42. The third kappa shape index (κ3) is 2.94. The van der Waals surface area contributed by atoms with Crippen molar-refractivity contribution in [2.45, 2.75) is 0 Å². The Morgan fingerprint density at radius 3 is 2.62 bits per heavy atom. The topological polar surface area (TPSA) is 59.7 Å². The van der Waals surface area contributed by atoms with E-state index in [1.54, 1.807) is 30.4 Å². The molecule has 122 valence electrons. The van der Waals surface area contributed by atoms with E-state index in [4.69, 9.17) is 9.15 Å². The minimum atomic E-state index is -0.284. The second-order valence-electron chi connectivity index (χ2n) is 4.84. The predicted octanol–water partition coefficient (Wildman–Crippen LogP) is 4.42. The molecule has 4 nitrogen and oxygen atoms in total. The number of hydrogen-bond donors (Lipinski definition) is 1. The van der Waals surface area contributed by atoms with Crippen LogP contribution < -0.4 is 10.2 Å². The van der Waals surface area contributed by atoms with Gasteiger partial charge >= 0.3 is 0 Å². The van der Waals surface area contributed by atoms with Gasteiger partial charge in [-0.05, 0) is 17.7 Å². The molecular formula is C20H18O4. The van der Waals surface area contributed by atoms with Crippen molar-refractivity contribution in [2.24, 2.45) is 0 Å². The summed E-state index contributed by atoms with van der Waals surface area (Å²) in [5, 5.41) is 9.99. The largest absolute Gasteiger partial charge is 0.504 e. The number of benzene rings is 1. The van der Waals surface area contributed by atoms with Gasteiger partial charge in [0, 0.05) is 5.56 Å². The van der Waals surface area contributed by atoms with Gasteiger partial charge in [0.05, 0.1) is 18.2 Å². The molecule has 0 atom stereocenters. The lowest BCUT2D eigenvalue weighted by Gasteiger charge is -2.12. The fourth-order valence-corrected chi connectivity index (χ4v) is 2.42. The zero-order valence-corrected chi connectivity index (χ0v) is 13.4. The summed E-state index contributed by atoms with van der Waals surface area (Å²) in [6, 6.07) is 4.78. The monoisotopic (exact) mass is 322 g/mol. The number of ether oxygens (including phenoxy) is 1. The maximum absolute atomic E-state index is 13.0. The van der Waals surface area contributed by atoms with E-state index >= 15 is 0 Å². The van der Waals surface area contributed by atoms with Crippen LogP contribution in [0.4, 0.5) is 0 Å². The standard InChI is InChI=1S/C20H18O4/c1-5-9-13(6-2)15-12-24-17(7-3)18(19(15)22)14-10-8-11-16(21)20(14)23-4/h5-12,21H,1-3H2,4H3/b13-9+. The molecule has 0 radical (unpaired) electrons. The number of phenolic OH excluding ortho intramolecular Hbond substituents is 1. The van der Waals surface area contributed by atoms with Crippen LogP contribution in [0.15, 0.2) is 71.6 Å². The van der Waals surface area contributed by atoms with E-state index in [2.05, 4.69) is 19.7 Å². The van der Waals surface area contributed by atoms with Crippen LogP contribution in [0.25, 0.3) is 22.8 Å². The first-order valence-electron chi connectivity index (χ1n) is 7.19. The normalized spacial score (nSPS) is 11.0. The summed E-state index contributed by atoms with van der Waals surface area (Å²) in [4.78, 5) is 13.0. The summed E-state index contributed by atoms with van der Waals surface area (Å²) in [6.07, 6.45) is 7.57. The van der Waals surface area contributed by atoms with Gasteiger partial charge in [0.15, 0.2) is 11.5 Å². The number of hydrogen-bond acceptors (Lipinski definition) is 4. The van der Waals surface area contributed by atoms with Gasteiger partial charge in [-0.2, -0.15) is 0 Å². The Morgan fingerprint density at radius 2 is 2.04 bits per heavy atom. The predicted molar refractivity (Wildman–Crippen MR) is 97.1 cm³/mol. The van der Waals surface area contributed by atoms with Gasteiger partial charge in [0.2, 0.25) is 5.43 Å². The Kier molecular flexibility index (Phi) is 5.22. The molecule has 1 aromatic heterocycles. The first-order valence-corrected chi connectivity index (χ1v) is 7.19. The minimum absolute atomic E-state index is 0.0691. The highest BCUT2D eigenvalue weighted by Crippen LogP contribution is 2.37. The summed E-state index contributed by atoms with van der Waals surface area (Å²) >= 11 is 0. The molecular weight excluding hydrogens is 304 g/mol. The van der Waals surface area contributed by atoms with Crippen molar-refractivity contribution < 1.29 is 14.3 Å². The lowest BCUT2D eigenvalue weighted by atomic mass is 9.98. The fourth-order valence-electron chi connectivity index (χ4n) is 2.42. The molecule has 2 aromatic rings. The summed E-state index contributed by atoms with van der Waals surface area (Å²) in [5.41, 5.74) is 1.30. The molecule has 24 heavy (non-hydrogen) atoms. The Balaban J connectivity index is 2.89. The van der Waals surface area contributed by atoms with Gasteiger partial charge in [-0.1, -0.05) is 50.1 Å². The minimum Gasteiger partial charge on any atom is -0.504 e. The van der Waals surface area contributed by atoms with Gasteiger partial charge < -0.3 is 14.3 Å². The second kappa shape index (κ2) is 7.33. The summed E-state index contributed by atoms with van der Waals surface area (Å²) < 4.78 is 10.8. The third-order valence-corrected chi connectivity index (χ3v) is 3.50. The summed E-state index contributed by atoms with van der Waals surface area (Å²) in [5.74, 6) is 0.410. The lowest BCUT2D eigenvalue weighted by molar-refractivity contribution is 0.375. The van der Waals surface area contributed by atoms with Crippen molar-refractivity contribution in [1.29, 1.82) is 0 Å². The van der Waals surface area contributed by atoms with E-state index < -0.39 is 0 Å². The maximum atomic E-state index is 13.0. The molecule has 0 saturated heterocycles. The molecule has 0 fully saturated rings. The van der Waals surface area contributed by atoms with Crippen molar-refractivity contribution in [1.82, 2.24) is 0 Å². The highest BCUT2D eigenvalue weighted by molar-refractivity contribution is 5.83. The van der Waals surface area contributed by atoms with Crippen molar-refractivity contribution in [3.63, 3.8) is 0 Å². The highest BCUT2D eigenvalue weighted by atomic mass is 16.5. The smallest absolute Gasteiger partial charge is 0.201 e. The quantitative estimate of drug-likeness (QED) is 0.800.